The van der Waals surface area contributed by atoms with Crippen LogP contribution < -0.4 is 5.32 Å². The molecule has 0 radical (unpaired) electrons. The molecule has 2 N–H and O–H groups in total. The van der Waals surface area contributed by atoms with Gasteiger partial charge >= 0.3 is 5.97 Å². The molecule has 16 heavy (non-hydrogen) atoms. The van der Waals surface area contributed by atoms with Crippen molar-refractivity contribution in [3.63, 3.8) is 0 Å². The van der Waals surface area contributed by atoms with E-state index in [-0.39, 0.29) is 6.42 Å². The van der Waals surface area contributed by atoms with E-state index in [0.717, 1.165) is 0 Å². The normalized spacial score (nSPS) is 11.9. The molecule has 1 rings (SSSR count). The van der Waals surface area contributed by atoms with Crippen LogP contribution in [0.25, 0.3) is 0 Å². The number of halogens is 1. The fraction of sp³-hybridized carbons (Fsp3) is 0.273. The van der Waals surface area contributed by atoms with Crippen LogP contribution in [0.5, 0.6) is 0 Å². The molecule has 0 fully saturated rings. The number of carboxylic acid groups (broad SMARTS) is 1. The van der Waals surface area contributed by atoms with Gasteiger partial charge in [0.15, 0.2) is 0 Å². The maximum absolute atomic E-state index is 12.8. The molecule has 0 unspecified atom stereocenters. The second-order valence-corrected chi connectivity index (χ2v) is 3.43. The highest BCUT2D eigenvalue weighted by Gasteiger charge is 2.13. The summed E-state index contributed by atoms with van der Waals surface area (Å²) in [5.41, 5.74) is 0.509. The summed E-state index contributed by atoms with van der Waals surface area (Å²) in [4.78, 5) is 21.8. The standard InChI is InChI=1S/C11H12FNO3/c1-7(11(15)16)13-10(14)6-8-3-2-4-9(12)5-8/h2-5,7H,6H2,1H3,(H,13,14)(H,15,16)/t7-/m1/s1. The van der Waals surface area contributed by atoms with Gasteiger partial charge in [0, 0.05) is 0 Å². The second kappa shape index (κ2) is 5.25. The largest absolute Gasteiger partial charge is 0.480 e. The predicted octanol–water partition coefficient (Wildman–Crippen LogP) is 0.957. The van der Waals surface area contributed by atoms with Gasteiger partial charge in [0.25, 0.3) is 0 Å². The minimum atomic E-state index is -1.10. The Morgan fingerprint density at radius 1 is 1.50 bits per heavy atom. The number of carboxylic acids is 1. The zero-order valence-corrected chi connectivity index (χ0v) is 8.74. The van der Waals surface area contributed by atoms with Crippen molar-refractivity contribution in [2.45, 2.75) is 19.4 Å². The van der Waals surface area contributed by atoms with Crippen molar-refractivity contribution in [2.75, 3.05) is 0 Å². The van der Waals surface area contributed by atoms with Crippen LogP contribution in [0.4, 0.5) is 4.39 Å². The first-order chi connectivity index (χ1) is 7.49. The highest BCUT2D eigenvalue weighted by Crippen LogP contribution is 2.04. The number of carbonyl (C=O) groups excluding carboxylic acids is 1. The lowest BCUT2D eigenvalue weighted by Crippen LogP contribution is -2.39. The third-order valence-electron chi connectivity index (χ3n) is 2.00. The van der Waals surface area contributed by atoms with Crippen molar-refractivity contribution in [1.82, 2.24) is 5.32 Å². The molecule has 1 amide bonds. The van der Waals surface area contributed by atoms with Gasteiger partial charge in [-0.05, 0) is 24.6 Å². The number of aliphatic carboxylic acids is 1. The molecule has 1 aromatic rings. The fourth-order valence-electron chi connectivity index (χ4n) is 1.19. The molecule has 1 atom stereocenters. The van der Waals surface area contributed by atoms with Crippen LogP contribution in [0.15, 0.2) is 24.3 Å². The molecular weight excluding hydrogens is 213 g/mol. The zero-order valence-electron chi connectivity index (χ0n) is 8.74. The van der Waals surface area contributed by atoms with Crippen LogP contribution in [0.2, 0.25) is 0 Å². The molecule has 86 valence electrons. The molecule has 1 aromatic carbocycles. The molecule has 0 aliphatic carbocycles. The van der Waals surface area contributed by atoms with Crippen molar-refractivity contribution in [1.29, 1.82) is 0 Å². The Morgan fingerprint density at radius 2 is 2.19 bits per heavy atom. The first kappa shape index (κ1) is 12.2. The van der Waals surface area contributed by atoms with Gasteiger partial charge in [-0.15, -0.1) is 0 Å². The summed E-state index contributed by atoms with van der Waals surface area (Å²) >= 11 is 0. The number of benzene rings is 1. The van der Waals surface area contributed by atoms with Gasteiger partial charge in [0.05, 0.1) is 6.42 Å². The molecule has 0 bridgehead atoms. The minimum Gasteiger partial charge on any atom is -0.480 e. The Labute approximate surface area is 92.1 Å². The van der Waals surface area contributed by atoms with Gasteiger partial charge in [-0.3, -0.25) is 9.59 Å². The zero-order chi connectivity index (χ0) is 12.1. The van der Waals surface area contributed by atoms with E-state index in [1.165, 1.54) is 25.1 Å². The van der Waals surface area contributed by atoms with E-state index in [9.17, 15) is 14.0 Å². The Kier molecular flexibility index (Phi) is 3.99. The van der Waals surface area contributed by atoms with Gasteiger partial charge in [0.1, 0.15) is 11.9 Å². The average molecular weight is 225 g/mol. The van der Waals surface area contributed by atoms with E-state index in [2.05, 4.69) is 5.32 Å². The predicted molar refractivity (Wildman–Crippen MR) is 55.3 cm³/mol. The number of rotatable bonds is 4. The molecule has 0 spiro atoms. The van der Waals surface area contributed by atoms with E-state index in [0.29, 0.717) is 5.56 Å². The Hall–Kier alpha value is -1.91. The summed E-state index contributed by atoms with van der Waals surface area (Å²) in [6, 6.07) is 4.68. The SMILES string of the molecule is C[C@@H](NC(=O)Cc1cccc(F)c1)C(=O)O. The van der Waals surface area contributed by atoms with Crippen molar-refractivity contribution in [3.8, 4) is 0 Å². The molecule has 0 saturated heterocycles. The number of hydrogen-bond acceptors (Lipinski definition) is 2. The summed E-state index contributed by atoms with van der Waals surface area (Å²) in [5.74, 6) is -1.97. The molecule has 0 heterocycles. The summed E-state index contributed by atoms with van der Waals surface area (Å²) in [6.07, 6.45) is -0.0324. The van der Waals surface area contributed by atoms with Crippen LogP contribution in [-0.4, -0.2) is 23.0 Å². The van der Waals surface area contributed by atoms with Crippen LogP contribution in [0, 0.1) is 5.82 Å². The number of nitrogens with one attached hydrogen (secondary N) is 1. The molecule has 4 nitrogen and oxygen atoms in total. The Bertz CT molecular complexity index is 406. The van der Waals surface area contributed by atoms with E-state index in [4.69, 9.17) is 5.11 Å². The Morgan fingerprint density at radius 3 is 2.75 bits per heavy atom. The molecule has 0 aliphatic heterocycles. The average Bonchev–Trinajstić information content (AvgIpc) is 2.16. The van der Waals surface area contributed by atoms with Gasteiger partial charge < -0.3 is 10.4 Å². The third-order valence-corrected chi connectivity index (χ3v) is 2.00. The van der Waals surface area contributed by atoms with Crippen molar-refractivity contribution < 1.29 is 19.1 Å². The topological polar surface area (TPSA) is 66.4 Å². The molecular formula is C11H12FNO3. The van der Waals surface area contributed by atoms with Gasteiger partial charge in [-0.25, -0.2) is 4.39 Å². The first-order valence-corrected chi connectivity index (χ1v) is 4.75. The quantitative estimate of drug-likeness (QED) is 0.802. The molecule has 0 aliphatic rings. The van der Waals surface area contributed by atoms with Crippen LogP contribution in [-0.2, 0) is 16.0 Å². The van der Waals surface area contributed by atoms with Crippen molar-refractivity contribution in [3.05, 3.63) is 35.6 Å². The number of hydrogen-bond donors (Lipinski definition) is 2. The van der Waals surface area contributed by atoms with Gasteiger partial charge in [0.2, 0.25) is 5.91 Å². The highest BCUT2D eigenvalue weighted by atomic mass is 19.1. The Balaban J connectivity index is 2.55. The first-order valence-electron chi connectivity index (χ1n) is 4.75. The summed E-state index contributed by atoms with van der Waals surface area (Å²) in [7, 11) is 0. The minimum absolute atomic E-state index is 0.0324. The number of amides is 1. The number of carbonyl (C=O) groups is 2. The monoisotopic (exact) mass is 225 g/mol. The lowest BCUT2D eigenvalue weighted by Gasteiger charge is -2.08. The van der Waals surface area contributed by atoms with Crippen LogP contribution >= 0.6 is 0 Å². The third kappa shape index (κ3) is 3.68. The summed E-state index contributed by atoms with van der Waals surface area (Å²) in [5, 5.41) is 10.9. The lowest BCUT2D eigenvalue weighted by atomic mass is 10.1. The summed E-state index contributed by atoms with van der Waals surface area (Å²) in [6.45, 7) is 1.37. The molecule has 0 saturated carbocycles. The van der Waals surface area contributed by atoms with E-state index in [1.807, 2.05) is 0 Å². The second-order valence-electron chi connectivity index (χ2n) is 3.43. The fourth-order valence-corrected chi connectivity index (χ4v) is 1.19. The van der Waals surface area contributed by atoms with Crippen molar-refractivity contribution >= 4 is 11.9 Å². The molecule has 5 heteroatoms. The van der Waals surface area contributed by atoms with Crippen LogP contribution in [0.1, 0.15) is 12.5 Å². The lowest BCUT2D eigenvalue weighted by molar-refractivity contribution is -0.141. The molecule has 0 aromatic heterocycles. The maximum Gasteiger partial charge on any atom is 0.325 e. The summed E-state index contributed by atoms with van der Waals surface area (Å²) < 4.78 is 12.8. The van der Waals surface area contributed by atoms with Gasteiger partial charge in [-0.1, -0.05) is 12.1 Å². The van der Waals surface area contributed by atoms with Gasteiger partial charge in [-0.2, -0.15) is 0 Å². The highest BCUT2D eigenvalue weighted by molar-refractivity contribution is 5.84. The van der Waals surface area contributed by atoms with E-state index in [1.54, 1.807) is 6.07 Å². The van der Waals surface area contributed by atoms with Crippen LogP contribution in [0.3, 0.4) is 0 Å². The van der Waals surface area contributed by atoms with E-state index < -0.39 is 23.7 Å². The van der Waals surface area contributed by atoms with Crippen molar-refractivity contribution in [2.24, 2.45) is 0 Å². The maximum atomic E-state index is 12.8. The van der Waals surface area contributed by atoms with E-state index >= 15 is 0 Å². The smallest absolute Gasteiger partial charge is 0.325 e.